The minimum Gasteiger partial charge on any atom is -0.366 e. The largest absolute Gasteiger partial charge is 0.366 e. The van der Waals surface area contributed by atoms with E-state index in [4.69, 9.17) is 5.73 Å². The number of primary amides is 1. The third-order valence-corrected chi connectivity index (χ3v) is 3.59. The van der Waals surface area contributed by atoms with Crippen LogP contribution in [-0.2, 0) is 4.79 Å². The van der Waals surface area contributed by atoms with Crippen LogP contribution in [0.3, 0.4) is 0 Å². The summed E-state index contributed by atoms with van der Waals surface area (Å²) in [5, 5.41) is 3.36. The molecular weight excluding hydrogens is 272 g/mol. The molecule has 2 aromatic rings. The number of hydrogen-bond donors (Lipinski definition) is 2. The molecule has 3 N–H and O–H groups in total. The Morgan fingerprint density at radius 3 is 2.09 bits per heavy atom. The topological polar surface area (TPSA) is 55.1 Å². The van der Waals surface area contributed by atoms with Crippen LogP contribution in [0.25, 0.3) is 5.57 Å². The van der Waals surface area contributed by atoms with Crippen LogP contribution in [-0.4, -0.2) is 5.91 Å². The molecule has 0 atom stereocenters. The van der Waals surface area contributed by atoms with Gasteiger partial charge in [0.2, 0.25) is 5.91 Å². The summed E-state index contributed by atoms with van der Waals surface area (Å²) in [6.07, 6.45) is 0. The predicted octanol–water partition coefficient (Wildman–Crippen LogP) is 4.33. The maximum absolute atomic E-state index is 11.7. The van der Waals surface area contributed by atoms with Gasteiger partial charge in [-0.3, -0.25) is 4.79 Å². The van der Waals surface area contributed by atoms with E-state index >= 15 is 0 Å². The van der Waals surface area contributed by atoms with Crippen LogP contribution in [0.15, 0.2) is 48.0 Å². The SMILES string of the molecule is CC(C)=C(C(N)=O)c1cc(Nc2ccc(C)cc2)ccc1C. The van der Waals surface area contributed by atoms with Crippen molar-refractivity contribution >= 4 is 22.9 Å². The second kappa shape index (κ2) is 6.48. The molecule has 0 radical (unpaired) electrons. The van der Waals surface area contributed by atoms with Crippen molar-refractivity contribution in [1.29, 1.82) is 0 Å². The van der Waals surface area contributed by atoms with Gasteiger partial charge in [-0.15, -0.1) is 0 Å². The van der Waals surface area contributed by atoms with Gasteiger partial charge in [0.05, 0.1) is 0 Å². The monoisotopic (exact) mass is 294 g/mol. The highest BCUT2D eigenvalue weighted by Crippen LogP contribution is 2.27. The van der Waals surface area contributed by atoms with E-state index in [-0.39, 0.29) is 0 Å². The second-order valence-electron chi connectivity index (χ2n) is 5.76. The Morgan fingerprint density at radius 2 is 1.55 bits per heavy atom. The Kier molecular flexibility index (Phi) is 4.66. The molecule has 0 fully saturated rings. The quantitative estimate of drug-likeness (QED) is 0.825. The van der Waals surface area contributed by atoms with Gasteiger partial charge in [0.1, 0.15) is 0 Å². The number of anilines is 2. The molecule has 0 bridgehead atoms. The number of benzene rings is 2. The number of amides is 1. The Balaban J connectivity index is 2.40. The third kappa shape index (κ3) is 3.55. The maximum Gasteiger partial charge on any atom is 0.249 e. The Bertz CT molecular complexity index is 724. The molecule has 22 heavy (non-hydrogen) atoms. The molecule has 0 aliphatic carbocycles. The van der Waals surface area contributed by atoms with Gasteiger partial charge < -0.3 is 11.1 Å². The lowest BCUT2D eigenvalue weighted by molar-refractivity contribution is -0.112. The van der Waals surface area contributed by atoms with Crippen molar-refractivity contribution in [3.63, 3.8) is 0 Å². The van der Waals surface area contributed by atoms with Gasteiger partial charge in [0, 0.05) is 16.9 Å². The van der Waals surface area contributed by atoms with Crippen LogP contribution in [0.4, 0.5) is 11.4 Å². The van der Waals surface area contributed by atoms with Gasteiger partial charge in [-0.05, 0) is 63.1 Å². The van der Waals surface area contributed by atoms with Gasteiger partial charge in [0.15, 0.2) is 0 Å². The van der Waals surface area contributed by atoms with Crippen molar-refractivity contribution in [1.82, 2.24) is 0 Å². The van der Waals surface area contributed by atoms with E-state index in [2.05, 4.69) is 24.4 Å². The molecule has 2 aromatic carbocycles. The van der Waals surface area contributed by atoms with E-state index in [0.29, 0.717) is 5.57 Å². The van der Waals surface area contributed by atoms with Gasteiger partial charge >= 0.3 is 0 Å². The van der Waals surface area contributed by atoms with E-state index in [9.17, 15) is 4.79 Å². The summed E-state index contributed by atoms with van der Waals surface area (Å²) in [6, 6.07) is 14.2. The first-order chi connectivity index (χ1) is 10.4. The lowest BCUT2D eigenvalue weighted by atomic mass is 9.96. The number of carbonyl (C=O) groups is 1. The number of carbonyl (C=O) groups excluding carboxylic acids is 1. The fraction of sp³-hybridized carbons (Fsp3) is 0.211. The molecule has 2 rings (SSSR count). The molecule has 0 saturated heterocycles. The highest BCUT2D eigenvalue weighted by Gasteiger charge is 2.13. The molecular formula is C19H22N2O. The number of rotatable bonds is 4. The smallest absolute Gasteiger partial charge is 0.249 e. The molecule has 0 aliphatic heterocycles. The molecule has 114 valence electrons. The van der Waals surface area contributed by atoms with Crippen molar-refractivity contribution < 1.29 is 4.79 Å². The van der Waals surface area contributed by atoms with E-state index in [1.54, 1.807) is 0 Å². The highest BCUT2D eigenvalue weighted by molar-refractivity contribution is 6.20. The average Bonchev–Trinajstić information content (AvgIpc) is 2.44. The zero-order valence-electron chi connectivity index (χ0n) is 13.5. The zero-order chi connectivity index (χ0) is 16.3. The Hall–Kier alpha value is -2.55. The molecule has 0 heterocycles. The highest BCUT2D eigenvalue weighted by atomic mass is 16.1. The number of nitrogens with two attached hydrogens (primary N) is 1. The maximum atomic E-state index is 11.7. The number of hydrogen-bond acceptors (Lipinski definition) is 2. The summed E-state index contributed by atoms with van der Waals surface area (Å²) in [4.78, 5) is 11.7. The number of aryl methyl sites for hydroxylation is 2. The molecule has 0 unspecified atom stereocenters. The van der Waals surface area contributed by atoms with Crippen molar-refractivity contribution in [2.24, 2.45) is 5.73 Å². The first-order valence-corrected chi connectivity index (χ1v) is 7.30. The van der Waals surface area contributed by atoms with Gasteiger partial charge in [0.25, 0.3) is 0 Å². The van der Waals surface area contributed by atoms with Crippen molar-refractivity contribution in [3.05, 3.63) is 64.7 Å². The molecule has 3 nitrogen and oxygen atoms in total. The minimum atomic E-state index is -0.393. The van der Waals surface area contributed by atoms with Crippen molar-refractivity contribution in [2.75, 3.05) is 5.32 Å². The first kappa shape index (κ1) is 15.8. The fourth-order valence-corrected chi connectivity index (χ4v) is 2.42. The predicted molar refractivity (Wildman–Crippen MR) is 93.1 cm³/mol. The molecule has 3 heteroatoms. The number of allylic oxidation sites excluding steroid dienone is 1. The second-order valence-corrected chi connectivity index (χ2v) is 5.76. The lowest BCUT2D eigenvalue weighted by Gasteiger charge is -2.13. The summed E-state index contributed by atoms with van der Waals surface area (Å²) in [5.74, 6) is -0.393. The Labute approximate surface area is 131 Å². The van der Waals surface area contributed by atoms with Gasteiger partial charge in [-0.25, -0.2) is 0 Å². The summed E-state index contributed by atoms with van der Waals surface area (Å²) in [7, 11) is 0. The van der Waals surface area contributed by atoms with E-state index in [1.165, 1.54) is 5.56 Å². The van der Waals surface area contributed by atoms with E-state index in [1.807, 2.05) is 51.1 Å². The van der Waals surface area contributed by atoms with Gasteiger partial charge in [-0.1, -0.05) is 29.3 Å². The third-order valence-electron chi connectivity index (χ3n) is 3.59. The van der Waals surface area contributed by atoms with Crippen LogP contribution < -0.4 is 11.1 Å². The van der Waals surface area contributed by atoms with E-state index in [0.717, 1.165) is 28.1 Å². The minimum absolute atomic E-state index is 0.393. The molecule has 1 amide bonds. The van der Waals surface area contributed by atoms with Crippen LogP contribution in [0.1, 0.15) is 30.5 Å². The fourth-order valence-electron chi connectivity index (χ4n) is 2.42. The molecule has 0 aromatic heterocycles. The van der Waals surface area contributed by atoms with Gasteiger partial charge in [-0.2, -0.15) is 0 Å². The first-order valence-electron chi connectivity index (χ1n) is 7.30. The van der Waals surface area contributed by atoms with Crippen molar-refractivity contribution in [3.8, 4) is 0 Å². The summed E-state index contributed by atoms with van der Waals surface area (Å²) < 4.78 is 0. The normalized spacial score (nSPS) is 10.2. The average molecular weight is 294 g/mol. The molecule has 0 aliphatic rings. The van der Waals surface area contributed by atoms with E-state index < -0.39 is 5.91 Å². The van der Waals surface area contributed by atoms with Crippen LogP contribution in [0.5, 0.6) is 0 Å². The van der Waals surface area contributed by atoms with Crippen molar-refractivity contribution in [2.45, 2.75) is 27.7 Å². The van der Waals surface area contributed by atoms with Crippen LogP contribution in [0.2, 0.25) is 0 Å². The standard InChI is InChI=1S/C19H22N2O/c1-12(2)18(19(20)22)17-11-16(10-7-14(17)4)21-15-8-5-13(3)6-9-15/h5-11,21H,1-4H3,(H2,20,22). The molecule has 0 spiro atoms. The Morgan fingerprint density at radius 1 is 0.955 bits per heavy atom. The summed E-state index contributed by atoms with van der Waals surface area (Å²) in [6.45, 7) is 7.85. The van der Waals surface area contributed by atoms with Crippen LogP contribution >= 0.6 is 0 Å². The number of nitrogens with one attached hydrogen (secondary N) is 1. The zero-order valence-corrected chi connectivity index (χ0v) is 13.5. The molecule has 0 saturated carbocycles. The van der Waals surface area contributed by atoms with Crippen LogP contribution in [0, 0.1) is 13.8 Å². The summed E-state index contributed by atoms with van der Waals surface area (Å²) >= 11 is 0. The summed E-state index contributed by atoms with van der Waals surface area (Å²) in [5.41, 5.74) is 12.1. The lowest BCUT2D eigenvalue weighted by Crippen LogP contribution is -2.15.